The maximum absolute atomic E-state index is 12.3. The van der Waals surface area contributed by atoms with Gasteiger partial charge in [-0.2, -0.15) is 13.2 Å². The summed E-state index contributed by atoms with van der Waals surface area (Å²) < 4.78 is 38.0. The first-order valence-corrected chi connectivity index (χ1v) is 5.89. The van der Waals surface area contributed by atoms with Gasteiger partial charge in [0.25, 0.3) is 0 Å². The van der Waals surface area contributed by atoms with Crippen molar-refractivity contribution < 1.29 is 13.2 Å². The van der Waals surface area contributed by atoms with E-state index in [-0.39, 0.29) is 5.82 Å². The first kappa shape index (κ1) is 14.1. The number of imidazole rings is 1. The van der Waals surface area contributed by atoms with Crippen molar-refractivity contribution in [2.75, 3.05) is 0 Å². The maximum Gasteiger partial charge on any atom is 0.406 e. The molecule has 6 heteroatoms. The lowest BCUT2D eigenvalue weighted by molar-refractivity contribution is -0.140. The molecule has 0 radical (unpaired) electrons. The molecule has 2 rings (SSSR count). The van der Waals surface area contributed by atoms with Gasteiger partial charge in [-0.1, -0.05) is 5.92 Å². The lowest BCUT2D eigenvalue weighted by Gasteiger charge is -2.07. The van der Waals surface area contributed by atoms with Crippen LogP contribution in [0.2, 0.25) is 0 Å². The van der Waals surface area contributed by atoms with Crippen molar-refractivity contribution >= 4 is 0 Å². The van der Waals surface area contributed by atoms with Gasteiger partial charge in [0.2, 0.25) is 0 Å². The Bertz CT molecular complexity index is 675. The van der Waals surface area contributed by atoms with Gasteiger partial charge in [-0.15, -0.1) is 0 Å². The number of alkyl halides is 3. The quantitative estimate of drug-likeness (QED) is 0.751. The summed E-state index contributed by atoms with van der Waals surface area (Å²) in [6.45, 7) is 2.31. The second-order valence-corrected chi connectivity index (χ2v) is 4.35. The molecule has 0 unspecified atom stereocenters. The summed E-state index contributed by atoms with van der Waals surface area (Å²) in [7, 11) is 0. The highest BCUT2D eigenvalue weighted by atomic mass is 19.4. The predicted octanol–water partition coefficient (Wildman–Crippen LogP) is 2.86. The Balaban J connectivity index is 2.22. The highest BCUT2D eigenvalue weighted by molar-refractivity contribution is 5.39. The van der Waals surface area contributed by atoms with Crippen molar-refractivity contribution in [3.63, 3.8) is 0 Å². The van der Waals surface area contributed by atoms with E-state index < -0.39 is 12.7 Å². The van der Waals surface area contributed by atoms with E-state index in [1.165, 1.54) is 13.1 Å². The minimum atomic E-state index is -4.27. The van der Waals surface area contributed by atoms with Crippen LogP contribution in [0.5, 0.6) is 0 Å². The molecule has 2 aromatic rings. The third-order valence-corrected chi connectivity index (χ3v) is 2.56. The lowest BCUT2D eigenvalue weighted by Crippen LogP contribution is -2.17. The van der Waals surface area contributed by atoms with Gasteiger partial charge in [-0.05, 0) is 31.9 Å². The number of rotatable bonds is 1. The van der Waals surface area contributed by atoms with Gasteiger partial charge in [-0.3, -0.25) is 4.98 Å². The predicted molar refractivity (Wildman–Crippen MR) is 68.0 cm³/mol. The average Bonchev–Trinajstić information content (AvgIpc) is 2.65. The number of aromatic nitrogens is 3. The highest BCUT2D eigenvalue weighted by Crippen LogP contribution is 2.18. The van der Waals surface area contributed by atoms with Gasteiger partial charge in [0, 0.05) is 23.7 Å². The smallest absolute Gasteiger partial charge is 0.325 e. The Hall–Kier alpha value is -2.29. The third kappa shape index (κ3) is 3.85. The fourth-order valence-electron chi connectivity index (χ4n) is 1.68. The van der Waals surface area contributed by atoms with E-state index in [1.54, 1.807) is 18.3 Å². The van der Waals surface area contributed by atoms with Crippen LogP contribution in [-0.2, 0) is 6.54 Å². The molecule has 0 aliphatic rings. The van der Waals surface area contributed by atoms with Gasteiger partial charge in [0.15, 0.2) is 0 Å². The molecule has 0 saturated carbocycles. The van der Waals surface area contributed by atoms with Gasteiger partial charge in [0.1, 0.15) is 18.1 Å². The summed E-state index contributed by atoms with van der Waals surface area (Å²) in [4.78, 5) is 8.05. The Kier molecular flexibility index (Phi) is 3.79. The van der Waals surface area contributed by atoms with E-state index in [9.17, 15) is 13.2 Å². The number of aryl methyl sites for hydroxylation is 2. The number of halogens is 3. The maximum atomic E-state index is 12.3. The van der Waals surface area contributed by atoms with E-state index in [1.807, 2.05) is 6.92 Å². The van der Waals surface area contributed by atoms with E-state index >= 15 is 0 Å². The minimum absolute atomic E-state index is 0.289. The zero-order valence-corrected chi connectivity index (χ0v) is 11.0. The van der Waals surface area contributed by atoms with Crippen molar-refractivity contribution in [2.45, 2.75) is 26.6 Å². The standard InChI is InChI=1S/C14H12F3N3/c1-10-7-12(5-6-18-10)3-4-13-8-20(11(2)19-13)9-14(15,16)17/h5-8H,9H2,1-2H3. The molecule has 0 aliphatic carbocycles. The van der Waals surface area contributed by atoms with Crippen LogP contribution in [0.4, 0.5) is 13.2 Å². The van der Waals surface area contributed by atoms with Gasteiger partial charge >= 0.3 is 6.18 Å². The molecule has 2 aromatic heterocycles. The molecule has 0 saturated heterocycles. The van der Waals surface area contributed by atoms with Gasteiger partial charge in [0.05, 0.1) is 0 Å². The average molecular weight is 279 g/mol. The minimum Gasteiger partial charge on any atom is -0.325 e. The summed E-state index contributed by atoms with van der Waals surface area (Å²) in [5.74, 6) is 5.91. The Morgan fingerprint density at radius 3 is 2.65 bits per heavy atom. The molecule has 20 heavy (non-hydrogen) atoms. The third-order valence-electron chi connectivity index (χ3n) is 2.56. The Morgan fingerprint density at radius 1 is 1.25 bits per heavy atom. The van der Waals surface area contributed by atoms with Crippen molar-refractivity contribution in [3.05, 3.63) is 47.3 Å². The molecule has 3 nitrogen and oxygen atoms in total. The highest BCUT2D eigenvalue weighted by Gasteiger charge is 2.28. The molecule has 0 aliphatic heterocycles. The monoisotopic (exact) mass is 279 g/mol. The van der Waals surface area contributed by atoms with Crippen LogP contribution in [-0.4, -0.2) is 20.7 Å². The molecule has 0 atom stereocenters. The van der Waals surface area contributed by atoms with Crippen LogP contribution in [0, 0.1) is 25.7 Å². The summed E-state index contributed by atoms with van der Waals surface area (Å²) in [5, 5.41) is 0. The Labute approximate surface area is 114 Å². The van der Waals surface area contributed by atoms with Crippen LogP contribution >= 0.6 is 0 Å². The largest absolute Gasteiger partial charge is 0.406 e. The van der Waals surface area contributed by atoms with Crippen LogP contribution in [0.3, 0.4) is 0 Å². The fraction of sp³-hybridized carbons (Fsp3) is 0.286. The van der Waals surface area contributed by atoms with Crippen molar-refractivity contribution in [1.82, 2.24) is 14.5 Å². The first-order chi connectivity index (χ1) is 9.33. The molecule has 2 heterocycles. The van der Waals surface area contributed by atoms with Crippen molar-refractivity contribution in [1.29, 1.82) is 0 Å². The van der Waals surface area contributed by atoms with Crippen LogP contribution in [0.1, 0.15) is 22.8 Å². The summed E-state index contributed by atoms with van der Waals surface area (Å²) in [6.07, 6.45) is -1.32. The number of hydrogen-bond acceptors (Lipinski definition) is 2. The molecule has 0 spiro atoms. The van der Waals surface area contributed by atoms with Crippen LogP contribution in [0.25, 0.3) is 0 Å². The second kappa shape index (κ2) is 5.37. The van der Waals surface area contributed by atoms with Crippen LogP contribution < -0.4 is 0 Å². The van der Waals surface area contributed by atoms with Crippen molar-refractivity contribution in [2.24, 2.45) is 0 Å². The van der Waals surface area contributed by atoms with Crippen molar-refractivity contribution in [3.8, 4) is 11.8 Å². The number of hydrogen-bond donors (Lipinski definition) is 0. The molecule has 0 bridgehead atoms. The molecular formula is C14H12F3N3. The van der Waals surface area contributed by atoms with E-state index in [0.29, 0.717) is 5.69 Å². The normalized spacial score (nSPS) is 11.1. The summed E-state index contributed by atoms with van der Waals surface area (Å²) in [5.41, 5.74) is 1.90. The van der Waals surface area contributed by atoms with Gasteiger partial charge < -0.3 is 4.57 Å². The molecule has 0 aromatic carbocycles. The zero-order valence-electron chi connectivity index (χ0n) is 11.0. The number of nitrogens with zero attached hydrogens (tertiary/aromatic N) is 3. The number of pyridine rings is 1. The van der Waals surface area contributed by atoms with Gasteiger partial charge in [-0.25, -0.2) is 4.98 Å². The molecular weight excluding hydrogens is 267 g/mol. The molecule has 0 N–H and O–H groups in total. The zero-order chi connectivity index (χ0) is 14.8. The molecule has 0 fully saturated rings. The topological polar surface area (TPSA) is 30.7 Å². The molecule has 104 valence electrons. The van der Waals surface area contributed by atoms with E-state index in [2.05, 4.69) is 21.8 Å². The van der Waals surface area contributed by atoms with E-state index in [0.717, 1.165) is 15.8 Å². The van der Waals surface area contributed by atoms with E-state index in [4.69, 9.17) is 0 Å². The summed E-state index contributed by atoms with van der Waals surface area (Å²) >= 11 is 0. The summed E-state index contributed by atoms with van der Waals surface area (Å²) in [6, 6.07) is 3.53. The van der Waals surface area contributed by atoms with Crippen LogP contribution in [0.15, 0.2) is 24.5 Å². The fourth-order valence-corrected chi connectivity index (χ4v) is 1.68. The Morgan fingerprint density at radius 2 is 2.00 bits per heavy atom. The first-order valence-electron chi connectivity index (χ1n) is 5.89. The SMILES string of the molecule is Cc1cc(C#Cc2cn(CC(F)(F)F)c(C)n2)ccn1. The lowest BCUT2D eigenvalue weighted by atomic mass is 10.2. The second-order valence-electron chi connectivity index (χ2n) is 4.35. The molecule has 0 amide bonds.